The van der Waals surface area contributed by atoms with E-state index in [-0.39, 0.29) is 28.3 Å². The molecule has 9 nitrogen and oxygen atoms in total. The van der Waals surface area contributed by atoms with Crippen molar-refractivity contribution in [3.05, 3.63) is 87.6 Å². The van der Waals surface area contributed by atoms with E-state index in [4.69, 9.17) is 14.5 Å². The van der Waals surface area contributed by atoms with Gasteiger partial charge in [0, 0.05) is 18.0 Å². The maximum absolute atomic E-state index is 13.4. The topological polar surface area (TPSA) is 127 Å². The van der Waals surface area contributed by atoms with E-state index in [1.54, 1.807) is 6.92 Å². The Morgan fingerprint density at radius 3 is 2.52 bits per heavy atom. The van der Waals surface area contributed by atoms with Crippen LogP contribution in [-0.4, -0.2) is 20.3 Å². The van der Waals surface area contributed by atoms with Gasteiger partial charge in [-0.05, 0) is 54.4 Å². The highest BCUT2D eigenvalue weighted by atomic mass is 31.2. The van der Waals surface area contributed by atoms with E-state index in [1.807, 2.05) is 0 Å². The van der Waals surface area contributed by atoms with E-state index in [0.29, 0.717) is 5.56 Å². The minimum atomic E-state index is -4.76. The Morgan fingerprint density at radius 2 is 1.88 bits per heavy atom. The van der Waals surface area contributed by atoms with Gasteiger partial charge in [-0.15, -0.1) is 0 Å². The van der Waals surface area contributed by atoms with Crippen molar-refractivity contribution in [1.29, 1.82) is 0 Å². The molecule has 0 radical (unpaired) electrons. The molecule has 1 heterocycles. The second-order valence-corrected chi connectivity index (χ2v) is 8.14. The zero-order valence-corrected chi connectivity index (χ0v) is 18.1. The molecule has 12 heteroatoms. The Balaban J connectivity index is 1.84. The van der Waals surface area contributed by atoms with Crippen LogP contribution in [0.15, 0.2) is 59.5 Å². The van der Waals surface area contributed by atoms with Crippen LogP contribution >= 0.6 is 7.82 Å². The molecule has 1 amide bonds. The number of ether oxygens (including phenoxy) is 1. The molecule has 3 rings (SSSR count). The quantitative estimate of drug-likeness (QED) is 0.418. The van der Waals surface area contributed by atoms with Crippen LogP contribution in [0.2, 0.25) is 0 Å². The number of carbonyl (C=O) groups excluding carboxylic acids is 1. The summed E-state index contributed by atoms with van der Waals surface area (Å²) in [7, 11) is -4.76. The van der Waals surface area contributed by atoms with Crippen molar-refractivity contribution >= 4 is 19.4 Å². The molecule has 0 unspecified atom stereocenters. The number of nitrogens with one attached hydrogen (secondary N) is 1. The predicted molar refractivity (Wildman–Crippen MR) is 114 cm³/mol. The van der Waals surface area contributed by atoms with Gasteiger partial charge < -0.3 is 19.8 Å². The van der Waals surface area contributed by atoms with Crippen LogP contribution in [0.1, 0.15) is 21.5 Å². The Labute approximate surface area is 186 Å². The highest BCUT2D eigenvalue weighted by Crippen LogP contribution is 2.36. The smallest absolute Gasteiger partial charge is 0.456 e. The number of aromatic nitrogens is 1. The number of benzene rings is 2. The van der Waals surface area contributed by atoms with Gasteiger partial charge in [0.15, 0.2) is 0 Å². The normalized spacial score (nSPS) is 11.3. The fourth-order valence-corrected chi connectivity index (χ4v) is 3.07. The molecule has 0 fully saturated rings. The number of anilines is 1. The second-order valence-electron chi connectivity index (χ2n) is 6.90. The minimum absolute atomic E-state index is 0.0285. The van der Waals surface area contributed by atoms with Crippen LogP contribution < -0.4 is 15.6 Å². The first-order valence-electron chi connectivity index (χ1n) is 9.40. The molecule has 2 aromatic carbocycles. The molecule has 174 valence electrons. The molecule has 1 aromatic heterocycles. The summed E-state index contributed by atoms with van der Waals surface area (Å²) in [4.78, 5) is 42.4. The average molecular weight is 480 g/mol. The molecular weight excluding hydrogens is 461 g/mol. The molecule has 33 heavy (non-hydrogen) atoms. The summed E-state index contributed by atoms with van der Waals surface area (Å²) >= 11 is 0. The number of rotatable bonds is 8. The Hall–Kier alpha value is -3.37. The van der Waals surface area contributed by atoms with Crippen molar-refractivity contribution in [1.82, 2.24) is 4.57 Å². The zero-order valence-electron chi connectivity index (χ0n) is 17.2. The number of phosphoric ester groups is 1. The number of alkyl halides is 1. The Morgan fingerprint density at radius 1 is 1.12 bits per heavy atom. The standard InChI is InChI=1S/C21H19F2N2O7P/c1-13-8-15(23)3-5-18(13)32-19-9-14(11-22)2-4-17(19)21(27)24-16-6-7-25(20(26)10-16)12-31-33(28,29)30/h2-10H,11-12H2,1H3,(H,24,27)(H2,28,29,30). The summed E-state index contributed by atoms with van der Waals surface area (Å²) in [6.45, 7) is 0.134. The Bertz CT molecular complexity index is 1290. The molecule has 3 aromatic rings. The molecule has 0 bridgehead atoms. The summed E-state index contributed by atoms with van der Waals surface area (Å²) in [5, 5.41) is 2.51. The SMILES string of the molecule is Cc1cc(F)ccc1Oc1cc(CF)ccc1C(=O)Nc1ccn(COP(=O)(O)O)c(=O)c1. The molecular formula is C21H19F2N2O7P. The fraction of sp³-hybridized carbons (Fsp3) is 0.143. The van der Waals surface area contributed by atoms with Crippen LogP contribution in [0.5, 0.6) is 11.5 Å². The maximum atomic E-state index is 13.4. The van der Waals surface area contributed by atoms with Gasteiger partial charge in [0.2, 0.25) is 0 Å². The van der Waals surface area contributed by atoms with Gasteiger partial charge in [-0.3, -0.25) is 18.7 Å². The molecule has 0 saturated carbocycles. The van der Waals surface area contributed by atoms with Crippen molar-refractivity contribution in [2.45, 2.75) is 20.3 Å². The highest BCUT2D eigenvalue weighted by Gasteiger charge is 2.17. The van der Waals surface area contributed by atoms with Gasteiger partial charge in [0.1, 0.15) is 30.7 Å². The van der Waals surface area contributed by atoms with Crippen LogP contribution in [0.4, 0.5) is 14.5 Å². The van der Waals surface area contributed by atoms with Gasteiger partial charge in [-0.2, -0.15) is 0 Å². The summed E-state index contributed by atoms with van der Waals surface area (Å²) in [6, 6.07) is 10.3. The molecule has 0 aliphatic heterocycles. The Kier molecular flexibility index (Phi) is 7.39. The first kappa shape index (κ1) is 24.3. The lowest BCUT2D eigenvalue weighted by molar-refractivity contribution is 0.102. The average Bonchev–Trinajstić information content (AvgIpc) is 2.74. The molecule has 3 N–H and O–H groups in total. The number of carbonyl (C=O) groups is 1. The summed E-state index contributed by atoms with van der Waals surface area (Å²) < 4.78 is 48.2. The molecule has 0 atom stereocenters. The number of nitrogens with zero attached hydrogens (tertiary/aromatic N) is 1. The van der Waals surface area contributed by atoms with E-state index in [9.17, 15) is 22.9 Å². The maximum Gasteiger partial charge on any atom is 0.471 e. The van der Waals surface area contributed by atoms with Crippen LogP contribution in [-0.2, 0) is 22.5 Å². The van der Waals surface area contributed by atoms with Crippen molar-refractivity contribution in [2.75, 3.05) is 5.32 Å². The molecule has 0 saturated heterocycles. The van der Waals surface area contributed by atoms with Crippen molar-refractivity contribution in [3.63, 3.8) is 0 Å². The van der Waals surface area contributed by atoms with E-state index >= 15 is 0 Å². The third kappa shape index (κ3) is 6.56. The van der Waals surface area contributed by atoms with Crippen molar-refractivity contribution in [3.8, 4) is 11.5 Å². The number of halogens is 2. The van der Waals surface area contributed by atoms with E-state index in [2.05, 4.69) is 9.84 Å². The van der Waals surface area contributed by atoms with Gasteiger partial charge in [-0.1, -0.05) is 6.07 Å². The van der Waals surface area contributed by atoms with E-state index in [1.165, 1.54) is 48.7 Å². The number of aryl methyl sites for hydroxylation is 1. The van der Waals surface area contributed by atoms with Crippen LogP contribution in [0, 0.1) is 12.7 Å². The first-order chi connectivity index (χ1) is 15.6. The summed E-state index contributed by atoms with van der Waals surface area (Å²) in [5.74, 6) is -0.829. The molecule has 0 spiro atoms. The third-order valence-corrected chi connectivity index (χ3v) is 4.87. The second kappa shape index (κ2) is 10.1. The lowest BCUT2D eigenvalue weighted by Crippen LogP contribution is -2.21. The number of phosphoric acid groups is 1. The minimum Gasteiger partial charge on any atom is -0.456 e. The third-order valence-electron chi connectivity index (χ3n) is 4.42. The number of hydrogen-bond donors (Lipinski definition) is 3. The van der Waals surface area contributed by atoms with Crippen molar-refractivity contribution in [2.24, 2.45) is 0 Å². The van der Waals surface area contributed by atoms with Crippen LogP contribution in [0.25, 0.3) is 0 Å². The fourth-order valence-electron chi connectivity index (χ4n) is 2.80. The van der Waals surface area contributed by atoms with Gasteiger partial charge >= 0.3 is 7.82 Å². The predicted octanol–water partition coefficient (Wildman–Crippen LogP) is 3.88. The zero-order chi connectivity index (χ0) is 24.2. The monoisotopic (exact) mass is 480 g/mol. The van der Waals surface area contributed by atoms with E-state index < -0.39 is 38.5 Å². The van der Waals surface area contributed by atoms with Crippen LogP contribution in [0.3, 0.4) is 0 Å². The number of pyridine rings is 1. The van der Waals surface area contributed by atoms with Gasteiger partial charge in [-0.25, -0.2) is 13.3 Å². The number of hydrogen-bond acceptors (Lipinski definition) is 5. The lowest BCUT2D eigenvalue weighted by atomic mass is 10.1. The number of amides is 1. The van der Waals surface area contributed by atoms with Gasteiger partial charge in [0.25, 0.3) is 11.5 Å². The summed E-state index contributed by atoms with van der Waals surface area (Å²) in [5.41, 5.74) is 0.162. The molecule has 0 aliphatic carbocycles. The van der Waals surface area contributed by atoms with Gasteiger partial charge in [0.05, 0.1) is 5.56 Å². The molecule has 0 aliphatic rings. The largest absolute Gasteiger partial charge is 0.471 e. The summed E-state index contributed by atoms with van der Waals surface area (Å²) in [6.07, 6.45) is 1.18. The first-order valence-corrected chi connectivity index (χ1v) is 10.9. The van der Waals surface area contributed by atoms with E-state index in [0.717, 1.165) is 10.6 Å². The highest BCUT2D eigenvalue weighted by molar-refractivity contribution is 7.46. The lowest BCUT2D eigenvalue weighted by Gasteiger charge is -2.14. The van der Waals surface area contributed by atoms with Crippen molar-refractivity contribution < 1.29 is 37.2 Å².